The van der Waals surface area contributed by atoms with Crippen molar-refractivity contribution in [3.8, 4) is 17.7 Å². The van der Waals surface area contributed by atoms with Gasteiger partial charge in [0.05, 0.1) is 0 Å². The molecule has 2 aromatic rings. The van der Waals surface area contributed by atoms with E-state index in [4.69, 9.17) is 10.00 Å². The van der Waals surface area contributed by atoms with Crippen LogP contribution in [0.2, 0.25) is 0 Å². The van der Waals surface area contributed by atoms with Gasteiger partial charge in [-0.05, 0) is 30.7 Å². The van der Waals surface area contributed by atoms with Crippen molar-refractivity contribution in [2.45, 2.75) is 6.92 Å². The van der Waals surface area contributed by atoms with Gasteiger partial charge < -0.3 is 4.74 Å². The van der Waals surface area contributed by atoms with E-state index >= 15 is 0 Å². The van der Waals surface area contributed by atoms with Crippen LogP contribution < -0.4 is 4.74 Å². The van der Waals surface area contributed by atoms with Gasteiger partial charge in [0.2, 0.25) is 5.69 Å². The van der Waals surface area contributed by atoms with Crippen molar-refractivity contribution >= 4 is 0 Å². The molecule has 0 unspecified atom stereocenters. The van der Waals surface area contributed by atoms with Crippen molar-refractivity contribution < 1.29 is 9.13 Å². The van der Waals surface area contributed by atoms with E-state index in [2.05, 4.69) is 9.97 Å². The lowest BCUT2D eigenvalue weighted by molar-refractivity contribution is 0.453. The van der Waals surface area contributed by atoms with Gasteiger partial charge in [0, 0.05) is 12.4 Å². The Morgan fingerprint density at radius 1 is 1.29 bits per heavy atom. The van der Waals surface area contributed by atoms with Crippen LogP contribution in [0.4, 0.5) is 4.39 Å². The van der Waals surface area contributed by atoms with Gasteiger partial charge >= 0.3 is 0 Å². The Morgan fingerprint density at radius 3 is 2.76 bits per heavy atom. The molecule has 0 fully saturated rings. The summed E-state index contributed by atoms with van der Waals surface area (Å²) in [6, 6.07) is 5.99. The number of benzene rings is 1. The van der Waals surface area contributed by atoms with Crippen LogP contribution in [0, 0.1) is 24.1 Å². The molecule has 2 rings (SSSR count). The Hall–Kier alpha value is -2.48. The highest BCUT2D eigenvalue weighted by molar-refractivity contribution is 5.39. The minimum atomic E-state index is -0.338. The molecule has 0 spiro atoms. The number of aromatic nitrogens is 2. The highest BCUT2D eigenvalue weighted by atomic mass is 19.1. The first-order valence-electron chi connectivity index (χ1n) is 4.86. The molecular formula is C12H8FN3O. The van der Waals surface area contributed by atoms with E-state index in [1.54, 1.807) is 6.92 Å². The Morgan fingerprint density at radius 2 is 2.06 bits per heavy atom. The molecule has 0 atom stereocenters. The zero-order valence-corrected chi connectivity index (χ0v) is 9.01. The molecule has 0 bridgehead atoms. The van der Waals surface area contributed by atoms with Crippen LogP contribution >= 0.6 is 0 Å². The maximum Gasteiger partial charge on any atom is 0.256 e. The van der Waals surface area contributed by atoms with Crippen molar-refractivity contribution in [1.29, 1.82) is 5.26 Å². The highest BCUT2D eigenvalue weighted by Crippen LogP contribution is 2.25. The fourth-order valence-electron chi connectivity index (χ4n) is 1.31. The molecule has 0 radical (unpaired) electrons. The van der Waals surface area contributed by atoms with Crippen LogP contribution in [-0.4, -0.2) is 9.97 Å². The molecule has 0 saturated carbocycles. The van der Waals surface area contributed by atoms with Crippen molar-refractivity contribution in [1.82, 2.24) is 9.97 Å². The molecule has 0 saturated heterocycles. The fourth-order valence-corrected chi connectivity index (χ4v) is 1.31. The summed E-state index contributed by atoms with van der Waals surface area (Å²) in [6.45, 7) is 1.71. The van der Waals surface area contributed by atoms with Gasteiger partial charge in [0.25, 0.3) is 5.88 Å². The van der Waals surface area contributed by atoms with E-state index in [-0.39, 0.29) is 17.4 Å². The zero-order valence-electron chi connectivity index (χ0n) is 9.01. The van der Waals surface area contributed by atoms with Gasteiger partial charge in [-0.3, -0.25) is 0 Å². The van der Waals surface area contributed by atoms with E-state index in [0.717, 1.165) is 0 Å². The van der Waals surface area contributed by atoms with Gasteiger partial charge in [0.1, 0.15) is 17.6 Å². The molecule has 0 aliphatic rings. The maximum atomic E-state index is 12.9. The molecule has 0 aliphatic heterocycles. The first kappa shape index (κ1) is 11.0. The van der Waals surface area contributed by atoms with Gasteiger partial charge in [-0.1, -0.05) is 0 Å². The van der Waals surface area contributed by atoms with E-state index in [1.807, 2.05) is 6.07 Å². The fraction of sp³-hybridized carbons (Fsp3) is 0.0833. The molecule has 84 valence electrons. The van der Waals surface area contributed by atoms with Crippen molar-refractivity contribution in [3.05, 3.63) is 47.7 Å². The van der Waals surface area contributed by atoms with Crippen LogP contribution in [0.5, 0.6) is 11.6 Å². The molecule has 4 nitrogen and oxygen atoms in total. The average molecular weight is 229 g/mol. The second-order valence-corrected chi connectivity index (χ2v) is 3.33. The normalized spacial score (nSPS) is 9.71. The molecule has 0 aliphatic carbocycles. The maximum absolute atomic E-state index is 12.9. The number of hydrogen-bond donors (Lipinski definition) is 0. The topological polar surface area (TPSA) is 58.8 Å². The lowest BCUT2D eigenvalue weighted by Crippen LogP contribution is -1.95. The van der Waals surface area contributed by atoms with Crippen LogP contribution in [0.15, 0.2) is 30.6 Å². The molecule has 1 heterocycles. The quantitative estimate of drug-likeness (QED) is 0.794. The Balaban J connectivity index is 2.35. The van der Waals surface area contributed by atoms with Crippen LogP contribution in [0.25, 0.3) is 0 Å². The van der Waals surface area contributed by atoms with Gasteiger partial charge in [0.15, 0.2) is 0 Å². The third-order valence-corrected chi connectivity index (χ3v) is 2.11. The Labute approximate surface area is 97.3 Å². The average Bonchev–Trinajstić information content (AvgIpc) is 2.33. The molecule has 17 heavy (non-hydrogen) atoms. The second kappa shape index (κ2) is 4.58. The second-order valence-electron chi connectivity index (χ2n) is 3.33. The predicted octanol–water partition coefficient (Wildman–Crippen LogP) is 2.59. The lowest BCUT2D eigenvalue weighted by atomic mass is 10.2. The standard InChI is InChI=1S/C12H8FN3O/c1-8-6-9(13)2-3-11(8)17-12-10(7-14)15-4-5-16-12/h2-6H,1H3. The minimum absolute atomic E-state index is 0.0937. The largest absolute Gasteiger partial charge is 0.436 e. The monoisotopic (exact) mass is 229 g/mol. The van der Waals surface area contributed by atoms with Gasteiger partial charge in [-0.2, -0.15) is 5.26 Å². The summed E-state index contributed by atoms with van der Waals surface area (Å²) in [4.78, 5) is 7.73. The molecule has 1 aromatic carbocycles. The third-order valence-electron chi connectivity index (χ3n) is 2.11. The number of hydrogen-bond acceptors (Lipinski definition) is 4. The summed E-state index contributed by atoms with van der Waals surface area (Å²) in [5, 5.41) is 8.82. The summed E-state index contributed by atoms with van der Waals surface area (Å²) in [7, 11) is 0. The molecule has 0 amide bonds. The Kier molecular flexibility index (Phi) is 2.97. The van der Waals surface area contributed by atoms with E-state index in [9.17, 15) is 4.39 Å². The van der Waals surface area contributed by atoms with Crippen molar-refractivity contribution in [2.75, 3.05) is 0 Å². The number of halogens is 1. The van der Waals surface area contributed by atoms with Gasteiger partial charge in [-0.25, -0.2) is 14.4 Å². The first-order valence-corrected chi connectivity index (χ1v) is 4.86. The Bertz CT molecular complexity index is 593. The molecular weight excluding hydrogens is 221 g/mol. The smallest absolute Gasteiger partial charge is 0.256 e. The van der Waals surface area contributed by atoms with Crippen molar-refractivity contribution in [2.24, 2.45) is 0 Å². The summed E-state index contributed by atoms with van der Waals surface area (Å²) >= 11 is 0. The number of nitrogens with zero attached hydrogens (tertiary/aromatic N) is 3. The number of nitriles is 1. The third kappa shape index (κ3) is 2.37. The summed E-state index contributed by atoms with van der Waals surface area (Å²) in [6.07, 6.45) is 2.83. The molecule has 5 heteroatoms. The summed E-state index contributed by atoms with van der Waals surface area (Å²) in [5.74, 6) is 0.225. The van der Waals surface area contributed by atoms with Crippen LogP contribution in [0.1, 0.15) is 11.3 Å². The van der Waals surface area contributed by atoms with E-state index in [0.29, 0.717) is 11.3 Å². The van der Waals surface area contributed by atoms with Crippen LogP contribution in [0.3, 0.4) is 0 Å². The summed E-state index contributed by atoms with van der Waals surface area (Å²) < 4.78 is 18.3. The summed E-state index contributed by atoms with van der Waals surface area (Å²) in [5.41, 5.74) is 0.718. The predicted molar refractivity (Wildman–Crippen MR) is 58.0 cm³/mol. The molecule has 0 N–H and O–H groups in total. The lowest BCUT2D eigenvalue weighted by Gasteiger charge is -2.07. The first-order chi connectivity index (χ1) is 8.20. The van der Waals surface area contributed by atoms with E-state index in [1.165, 1.54) is 30.6 Å². The van der Waals surface area contributed by atoms with Crippen LogP contribution in [-0.2, 0) is 0 Å². The number of rotatable bonds is 2. The number of ether oxygens (including phenoxy) is 1. The SMILES string of the molecule is Cc1cc(F)ccc1Oc1nccnc1C#N. The zero-order chi connectivity index (χ0) is 12.3. The minimum Gasteiger partial charge on any atom is -0.436 e. The highest BCUT2D eigenvalue weighted by Gasteiger charge is 2.08. The van der Waals surface area contributed by atoms with Crippen molar-refractivity contribution in [3.63, 3.8) is 0 Å². The van der Waals surface area contributed by atoms with Gasteiger partial charge in [-0.15, -0.1) is 0 Å². The van der Waals surface area contributed by atoms with E-state index < -0.39 is 0 Å². The number of aryl methyl sites for hydroxylation is 1. The molecule has 1 aromatic heterocycles.